The molecule has 0 aliphatic carbocycles. The highest BCUT2D eigenvalue weighted by atomic mass is 32.2. The van der Waals surface area contributed by atoms with Crippen molar-refractivity contribution in [3.8, 4) is 0 Å². The van der Waals surface area contributed by atoms with Gasteiger partial charge >= 0.3 is 0 Å². The van der Waals surface area contributed by atoms with E-state index in [1.165, 1.54) is 0 Å². The fraction of sp³-hybridized carbons (Fsp3) is 0.500. The zero-order chi connectivity index (χ0) is 15.6. The van der Waals surface area contributed by atoms with Crippen LogP contribution in [0, 0.1) is 0 Å². The molecule has 2 rings (SSSR count). The Morgan fingerprint density at radius 2 is 2.00 bits per heavy atom. The predicted molar refractivity (Wildman–Crippen MR) is 93.0 cm³/mol. The molecule has 0 spiro atoms. The Kier molecular flexibility index (Phi) is 5.29. The molecule has 1 fully saturated rings. The van der Waals surface area contributed by atoms with E-state index in [0.29, 0.717) is 29.2 Å². The molecule has 0 amide bonds. The van der Waals surface area contributed by atoms with E-state index in [2.05, 4.69) is 13.8 Å². The van der Waals surface area contributed by atoms with Crippen LogP contribution in [0.25, 0.3) is 0 Å². The molecule has 116 valence electrons. The van der Waals surface area contributed by atoms with Crippen LogP contribution in [0.3, 0.4) is 0 Å². The standard InChI is InChI=1S/C14H20N2O2S3/c1-10-7-16(8-11(2)20-10)21(17,18)9-12-4-3-5-13(6-12)14(15)19/h3-6,10-11H,7-9H2,1-2H3,(H2,15,19). The normalized spacial score (nSPS) is 23.9. The highest BCUT2D eigenvalue weighted by Gasteiger charge is 2.30. The van der Waals surface area contributed by atoms with Crippen molar-refractivity contribution in [1.29, 1.82) is 0 Å². The monoisotopic (exact) mass is 344 g/mol. The molecule has 0 bridgehead atoms. The average molecular weight is 345 g/mol. The van der Waals surface area contributed by atoms with E-state index in [1.807, 2.05) is 11.8 Å². The molecule has 0 aromatic heterocycles. The quantitative estimate of drug-likeness (QED) is 0.846. The summed E-state index contributed by atoms with van der Waals surface area (Å²) >= 11 is 6.77. The lowest BCUT2D eigenvalue weighted by Crippen LogP contribution is -2.44. The number of benzene rings is 1. The number of sulfonamides is 1. The molecule has 4 nitrogen and oxygen atoms in total. The fourth-order valence-electron chi connectivity index (χ4n) is 2.47. The maximum Gasteiger partial charge on any atom is 0.218 e. The summed E-state index contributed by atoms with van der Waals surface area (Å²) in [6.45, 7) is 5.28. The number of nitrogens with two attached hydrogens (primary N) is 1. The fourth-order valence-corrected chi connectivity index (χ4v) is 5.80. The Morgan fingerprint density at radius 1 is 1.38 bits per heavy atom. The summed E-state index contributed by atoms with van der Waals surface area (Å²) in [7, 11) is -3.31. The third-order valence-electron chi connectivity index (χ3n) is 3.34. The van der Waals surface area contributed by atoms with Gasteiger partial charge in [0.1, 0.15) is 4.99 Å². The molecule has 7 heteroatoms. The van der Waals surface area contributed by atoms with E-state index in [0.717, 1.165) is 5.56 Å². The lowest BCUT2D eigenvalue weighted by molar-refractivity contribution is 0.404. The van der Waals surface area contributed by atoms with E-state index >= 15 is 0 Å². The Labute approximate surface area is 136 Å². The van der Waals surface area contributed by atoms with Gasteiger partial charge in [0.05, 0.1) is 5.75 Å². The zero-order valence-electron chi connectivity index (χ0n) is 12.2. The second-order valence-corrected chi connectivity index (χ2v) is 9.69. The van der Waals surface area contributed by atoms with E-state index in [-0.39, 0.29) is 10.7 Å². The molecular formula is C14H20N2O2S3. The van der Waals surface area contributed by atoms with Crippen LogP contribution in [0.5, 0.6) is 0 Å². The van der Waals surface area contributed by atoms with Crippen LogP contribution < -0.4 is 5.73 Å². The van der Waals surface area contributed by atoms with Gasteiger partial charge in [0.2, 0.25) is 10.0 Å². The molecule has 0 saturated carbocycles. The zero-order valence-corrected chi connectivity index (χ0v) is 14.6. The average Bonchev–Trinajstić information content (AvgIpc) is 2.37. The minimum Gasteiger partial charge on any atom is -0.389 e. The number of thioether (sulfide) groups is 1. The highest BCUT2D eigenvalue weighted by molar-refractivity contribution is 8.00. The SMILES string of the molecule is CC1CN(S(=O)(=O)Cc2cccc(C(N)=S)c2)CC(C)S1. The molecule has 21 heavy (non-hydrogen) atoms. The minimum atomic E-state index is -3.31. The highest BCUT2D eigenvalue weighted by Crippen LogP contribution is 2.27. The van der Waals surface area contributed by atoms with E-state index in [1.54, 1.807) is 28.6 Å². The van der Waals surface area contributed by atoms with Crippen LogP contribution in [0.15, 0.2) is 24.3 Å². The molecule has 2 unspecified atom stereocenters. The van der Waals surface area contributed by atoms with Crippen LogP contribution in [0.2, 0.25) is 0 Å². The van der Waals surface area contributed by atoms with Gasteiger partial charge in [-0.3, -0.25) is 0 Å². The molecule has 1 aliphatic rings. The summed E-state index contributed by atoms with van der Waals surface area (Å²) in [5.41, 5.74) is 7.02. The van der Waals surface area contributed by atoms with E-state index in [4.69, 9.17) is 18.0 Å². The van der Waals surface area contributed by atoms with Gasteiger partial charge in [0, 0.05) is 29.2 Å². The molecule has 0 radical (unpaired) electrons. The molecule has 1 aromatic rings. The first kappa shape index (κ1) is 16.7. The van der Waals surface area contributed by atoms with Crippen molar-refractivity contribution in [2.24, 2.45) is 5.73 Å². The van der Waals surface area contributed by atoms with Crippen molar-refractivity contribution in [2.45, 2.75) is 30.1 Å². The topological polar surface area (TPSA) is 63.4 Å². The van der Waals surface area contributed by atoms with Crippen molar-refractivity contribution in [2.75, 3.05) is 13.1 Å². The molecular weight excluding hydrogens is 324 g/mol. The predicted octanol–water partition coefficient (Wildman–Crippen LogP) is 1.98. The summed E-state index contributed by atoms with van der Waals surface area (Å²) in [6, 6.07) is 7.13. The van der Waals surface area contributed by atoms with Crippen LogP contribution in [-0.2, 0) is 15.8 Å². The lowest BCUT2D eigenvalue weighted by atomic mass is 10.1. The lowest BCUT2D eigenvalue weighted by Gasteiger charge is -2.33. The van der Waals surface area contributed by atoms with Crippen molar-refractivity contribution >= 4 is 39.0 Å². The summed E-state index contributed by atoms with van der Waals surface area (Å²) in [5, 5.41) is 0.651. The van der Waals surface area contributed by atoms with Gasteiger partial charge in [-0.2, -0.15) is 16.1 Å². The number of rotatable bonds is 4. The first-order valence-electron chi connectivity index (χ1n) is 6.80. The third kappa shape index (κ3) is 4.42. The summed E-state index contributed by atoms with van der Waals surface area (Å²) in [4.78, 5) is 0.283. The largest absolute Gasteiger partial charge is 0.389 e. The van der Waals surface area contributed by atoms with Crippen LogP contribution >= 0.6 is 24.0 Å². The Morgan fingerprint density at radius 3 is 2.57 bits per heavy atom. The number of hydrogen-bond acceptors (Lipinski definition) is 4. The molecule has 1 heterocycles. The van der Waals surface area contributed by atoms with Gasteiger partial charge in [0.15, 0.2) is 0 Å². The van der Waals surface area contributed by atoms with Crippen LogP contribution in [-0.4, -0.2) is 41.3 Å². The smallest absolute Gasteiger partial charge is 0.218 e. The number of thiocarbonyl (C=S) groups is 1. The Bertz CT molecular complexity index is 621. The summed E-state index contributed by atoms with van der Waals surface area (Å²) < 4.78 is 26.8. The van der Waals surface area contributed by atoms with E-state index in [9.17, 15) is 8.42 Å². The number of nitrogens with zero attached hydrogens (tertiary/aromatic N) is 1. The third-order valence-corrected chi connectivity index (χ3v) is 6.59. The maximum absolute atomic E-state index is 12.6. The molecule has 2 atom stereocenters. The number of hydrogen-bond donors (Lipinski definition) is 1. The first-order chi connectivity index (χ1) is 9.78. The van der Waals surface area contributed by atoms with Gasteiger partial charge in [0.25, 0.3) is 0 Å². The second kappa shape index (κ2) is 6.64. The maximum atomic E-state index is 12.6. The van der Waals surface area contributed by atoms with Crippen molar-refractivity contribution in [3.05, 3.63) is 35.4 Å². The molecule has 2 N–H and O–H groups in total. The van der Waals surface area contributed by atoms with Gasteiger partial charge in [-0.15, -0.1) is 0 Å². The molecule has 1 saturated heterocycles. The van der Waals surface area contributed by atoms with Crippen LogP contribution in [0.4, 0.5) is 0 Å². The van der Waals surface area contributed by atoms with Gasteiger partial charge in [-0.1, -0.05) is 44.3 Å². The van der Waals surface area contributed by atoms with Crippen molar-refractivity contribution in [3.63, 3.8) is 0 Å². The summed E-state index contributed by atoms with van der Waals surface area (Å²) in [6.07, 6.45) is 0. The van der Waals surface area contributed by atoms with Gasteiger partial charge in [-0.25, -0.2) is 8.42 Å². The van der Waals surface area contributed by atoms with Gasteiger partial charge in [-0.05, 0) is 11.6 Å². The first-order valence-corrected chi connectivity index (χ1v) is 9.76. The summed E-state index contributed by atoms with van der Waals surface area (Å²) in [5.74, 6) is -0.00639. The van der Waals surface area contributed by atoms with Crippen LogP contribution in [0.1, 0.15) is 25.0 Å². The minimum absolute atomic E-state index is 0.00639. The van der Waals surface area contributed by atoms with E-state index < -0.39 is 10.0 Å². The second-order valence-electron chi connectivity index (χ2n) is 5.40. The van der Waals surface area contributed by atoms with Crippen molar-refractivity contribution < 1.29 is 8.42 Å². The molecule has 1 aliphatic heterocycles. The van der Waals surface area contributed by atoms with Crippen molar-refractivity contribution in [1.82, 2.24) is 4.31 Å². The Balaban J connectivity index is 2.17. The Hall–Kier alpha value is -0.630. The van der Waals surface area contributed by atoms with Gasteiger partial charge < -0.3 is 5.73 Å². The molecule has 1 aromatic carbocycles.